The number of hydrogen-bond donors (Lipinski definition) is 3. The van der Waals surface area contributed by atoms with Gasteiger partial charge in [-0.3, -0.25) is 14.4 Å². The van der Waals surface area contributed by atoms with Gasteiger partial charge in [0.15, 0.2) is 11.6 Å². The molecule has 9 nitrogen and oxygen atoms in total. The van der Waals surface area contributed by atoms with E-state index in [0.717, 1.165) is 32.1 Å². The van der Waals surface area contributed by atoms with Crippen molar-refractivity contribution in [1.29, 1.82) is 0 Å². The topological polar surface area (TPSA) is 125 Å². The Morgan fingerprint density at radius 3 is 2.69 bits per heavy atom. The van der Waals surface area contributed by atoms with Crippen LogP contribution in [0.3, 0.4) is 0 Å². The minimum atomic E-state index is -0.888. The van der Waals surface area contributed by atoms with Crippen molar-refractivity contribution in [2.75, 3.05) is 23.3 Å². The number of carboxylic acids is 1. The summed E-state index contributed by atoms with van der Waals surface area (Å²) in [6.07, 6.45) is 10.0. The van der Waals surface area contributed by atoms with Crippen LogP contribution in [0.15, 0.2) is 58.7 Å². The van der Waals surface area contributed by atoms with Gasteiger partial charge in [0.05, 0.1) is 22.9 Å². The fraction of sp³-hybridized carbons (Fsp3) is 0.429. The molecule has 45 heavy (non-hydrogen) atoms. The lowest BCUT2D eigenvalue weighted by atomic mass is 9.85. The molecule has 1 aromatic heterocycles. The number of carbonyl (C=O) groups is 3. The van der Waals surface area contributed by atoms with E-state index in [1.54, 1.807) is 0 Å². The van der Waals surface area contributed by atoms with Crippen LogP contribution in [0.1, 0.15) is 95.1 Å². The van der Waals surface area contributed by atoms with Crippen LogP contribution in [0.2, 0.25) is 0 Å². The summed E-state index contributed by atoms with van der Waals surface area (Å²) in [5.41, 5.74) is 4.52. The van der Waals surface area contributed by atoms with E-state index in [0.29, 0.717) is 56.0 Å². The quantitative estimate of drug-likeness (QED) is 0.239. The minimum absolute atomic E-state index is 0.123. The third kappa shape index (κ3) is 7.27. The number of aliphatic carboxylic acids is 1. The number of oxazole rings is 1. The van der Waals surface area contributed by atoms with Crippen molar-refractivity contribution in [2.45, 2.75) is 76.7 Å². The summed E-state index contributed by atoms with van der Waals surface area (Å²) in [5, 5.41) is 15.2. The monoisotopic (exact) mass is 614 g/mol. The molecular weight excluding hydrogens is 575 g/mol. The van der Waals surface area contributed by atoms with Crippen LogP contribution in [0, 0.1) is 18.7 Å². The summed E-state index contributed by atoms with van der Waals surface area (Å²) in [4.78, 5) is 44.6. The first kappa shape index (κ1) is 30.6. The molecule has 2 fully saturated rings. The van der Waals surface area contributed by atoms with Crippen molar-refractivity contribution in [3.05, 3.63) is 88.4 Å². The van der Waals surface area contributed by atoms with Crippen LogP contribution < -0.4 is 15.5 Å². The van der Waals surface area contributed by atoms with E-state index in [4.69, 9.17) is 4.42 Å². The van der Waals surface area contributed by atoms with Gasteiger partial charge in [-0.25, -0.2) is 9.37 Å². The number of nitrogens with zero attached hydrogens (tertiary/aromatic N) is 2. The number of aromatic nitrogens is 1. The number of hydrogen-bond acceptors (Lipinski definition) is 6. The van der Waals surface area contributed by atoms with Gasteiger partial charge in [0, 0.05) is 31.1 Å². The molecule has 0 unspecified atom stereocenters. The van der Waals surface area contributed by atoms with Gasteiger partial charge in [0.1, 0.15) is 12.1 Å². The van der Waals surface area contributed by atoms with Crippen molar-refractivity contribution in [3.63, 3.8) is 0 Å². The molecule has 0 saturated heterocycles. The second-order valence-corrected chi connectivity index (χ2v) is 12.5. The van der Waals surface area contributed by atoms with Crippen LogP contribution in [-0.4, -0.2) is 47.0 Å². The molecular formula is C35H39FN4O5. The van der Waals surface area contributed by atoms with Crippen molar-refractivity contribution in [2.24, 2.45) is 5.92 Å². The summed E-state index contributed by atoms with van der Waals surface area (Å²) >= 11 is 0. The first-order chi connectivity index (χ1) is 21.7. The zero-order valence-corrected chi connectivity index (χ0v) is 25.5. The minimum Gasteiger partial charge on any atom is -0.481 e. The van der Waals surface area contributed by atoms with Gasteiger partial charge >= 0.3 is 5.97 Å². The molecule has 3 aliphatic rings. The summed E-state index contributed by atoms with van der Waals surface area (Å²) in [6, 6.07) is 10.6. The average molecular weight is 615 g/mol. The standard InChI is InChI=1S/C35H39FN4O5/c1-21-6-2-3-8-24(21)16-22-7-5-14-40(15-13-22)31-19-28(36)27(32(41)37-26-10-4-9-25(17-26)35(43)44)18-29(31)38-33(42)30-20-45-34(39-30)23-11-12-23/h2-3,6-8,18-20,23,25-26H,4-5,9-17H2,1H3,(H,37,41)(H,38,42)(H,43,44)/t25-,26+/m1/s1. The number of aryl methyl sites for hydroxylation is 1. The molecule has 6 rings (SSSR count). The van der Waals surface area contributed by atoms with Crippen molar-refractivity contribution >= 4 is 29.2 Å². The third-order valence-corrected chi connectivity index (χ3v) is 9.17. The van der Waals surface area contributed by atoms with Crippen LogP contribution in [0.5, 0.6) is 0 Å². The van der Waals surface area contributed by atoms with E-state index < -0.39 is 29.5 Å². The van der Waals surface area contributed by atoms with E-state index in [-0.39, 0.29) is 23.2 Å². The summed E-state index contributed by atoms with van der Waals surface area (Å²) in [5.74, 6) is -2.51. The average Bonchev–Trinajstić information content (AvgIpc) is 3.80. The van der Waals surface area contributed by atoms with E-state index in [1.165, 1.54) is 35.1 Å². The van der Waals surface area contributed by atoms with E-state index in [9.17, 15) is 19.5 Å². The molecule has 2 aliphatic carbocycles. The van der Waals surface area contributed by atoms with Crippen LogP contribution in [0.25, 0.3) is 0 Å². The molecule has 0 spiro atoms. The molecule has 2 aromatic carbocycles. The Bertz CT molecular complexity index is 1630. The Hall–Kier alpha value is -4.47. The first-order valence-electron chi connectivity index (χ1n) is 15.9. The Morgan fingerprint density at radius 1 is 1.09 bits per heavy atom. The maximum Gasteiger partial charge on any atom is 0.306 e. The molecule has 1 aliphatic heterocycles. The van der Waals surface area contributed by atoms with Crippen molar-refractivity contribution in [1.82, 2.24) is 10.3 Å². The number of nitrogens with one attached hydrogen (secondary N) is 2. The molecule has 236 valence electrons. The largest absolute Gasteiger partial charge is 0.481 e. The van der Waals surface area contributed by atoms with Gasteiger partial charge in [-0.2, -0.15) is 0 Å². The molecule has 3 N–H and O–H groups in total. The summed E-state index contributed by atoms with van der Waals surface area (Å²) in [7, 11) is 0. The lowest BCUT2D eigenvalue weighted by molar-refractivity contribution is -0.143. The predicted molar refractivity (Wildman–Crippen MR) is 168 cm³/mol. The highest BCUT2D eigenvalue weighted by Crippen LogP contribution is 2.39. The number of anilines is 2. The third-order valence-electron chi connectivity index (χ3n) is 9.17. The molecule has 0 radical (unpaired) electrons. The number of benzene rings is 2. The lowest BCUT2D eigenvalue weighted by Crippen LogP contribution is -2.40. The Labute approximate surface area is 261 Å². The molecule has 3 aromatic rings. The SMILES string of the molecule is Cc1ccccc1CC1=CCCN(c2cc(F)c(C(=O)N[C@H]3CCC[C@@H](C(=O)O)C3)cc2NC(=O)c2coc(C3CC3)n2)CC1. The maximum atomic E-state index is 15.7. The van der Waals surface area contributed by atoms with E-state index in [1.807, 2.05) is 17.0 Å². The molecule has 2 heterocycles. The fourth-order valence-corrected chi connectivity index (χ4v) is 6.37. The Kier molecular flexibility index (Phi) is 9.00. The Morgan fingerprint density at radius 2 is 1.91 bits per heavy atom. The van der Waals surface area contributed by atoms with E-state index >= 15 is 4.39 Å². The molecule has 10 heteroatoms. The zero-order valence-electron chi connectivity index (χ0n) is 25.5. The molecule has 2 atom stereocenters. The second kappa shape index (κ2) is 13.3. The molecule has 2 saturated carbocycles. The normalized spacial score (nSPS) is 20.2. The molecule has 0 bridgehead atoms. The zero-order chi connectivity index (χ0) is 31.5. The number of halogens is 1. The van der Waals surface area contributed by atoms with Gasteiger partial charge in [-0.05, 0) is 75.5 Å². The van der Waals surface area contributed by atoms with Crippen LogP contribution >= 0.6 is 0 Å². The highest BCUT2D eigenvalue weighted by molar-refractivity contribution is 6.06. The summed E-state index contributed by atoms with van der Waals surface area (Å²) < 4.78 is 21.2. The number of carboxylic acid groups (broad SMARTS) is 1. The Balaban J connectivity index is 1.23. The lowest BCUT2D eigenvalue weighted by Gasteiger charge is -2.28. The smallest absolute Gasteiger partial charge is 0.306 e. The van der Waals surface area contributed by atoms with Gasteiger partial charge in [0.25, 0.3) is 11.8 Å². The van der Waals surface area contributed by atoms with Gasteiger partial charge in [0.2, 0.25) is 0 Å². The van der Waals surface area contributed by atoms with Gasteiger partial charge < -0.3 is 25.1 Å². The van der Waals surface area contributed by atoms with Gasteiger partial charge in [-0.1, -0.05) is 42.3 Å². The maximum absolute atomic E-state index is 15.7. The van der Waals surface area contributed by atoms with E-state index in [2.05, 4.69) is 40.8 Å². The number of rotatable bonds is 9. The van der Waals surface area contributed by atoms with Crippen molar-refractivity contribution < 1.29 is 28.3 Å². The van der Waals surface area contributed by atoms with Gasteiger partial charge in [-0.15, -0.1) is 0 Å². The number of amides is 2. The number of carbonyl (C=O) groups excluding carboxylic acids is 2. The van der Waals surface area contributed by atoms with Crippen molar-refractivity contribution in [3.8, 4) is 0 Å². The molecule has 2 amide bonds. The predicted octanol–water partition coefficient (Wildman–Crippen LogP) is 6.39. The first-order valence-corrected chi connectivity index (χ1v) is 15.9. The fourth-order valence-electron chi connectivity index (χ4n) is 6.37. The highest BCUT2D eigenvalue weighted by atomic mass is 19.1. The van der Waals surface area contributed by atoms with Crippen LogP contribution in [-0.2, 0) is 11.2 Å². The van der Waals surface area contributed by atoms with Crippen LogP contribution in [0.4, 0.5) is 15.8 Å². The highest BCUT2D eigenvalue weighted by Gasteiger charge is 2.31. The second-order valence-electron chi connectivity index (χ2n) is 12.5. The summed E-state index contributed by atoms with van der Waals surface area (Å²) in [6.45, 7) is 3.33.